The Kier molecular flexibility index (Phi) is 5.73. The van der Waals surface area contributed by atoms with E-state index in [0.29, 0.717) is 17.2 Å². The Morgan fingerprint density at radius 1 is 0.857 bits per heavy atom. The van der Waals surface area contributed by atoms with Crippen LogP contribution in [0.4, 0.5) is 5.69 Å². The predicted octanol–water partition coefficient (Wildman–Crippen LogP) is 6.90. The molecule has 5 rings (SSSR count). The summed E-state index contributed by atoms with van der Waals surface area (Å²) in [5, 5.41) is 13.3. The molecule has 174 valence electrons. The number of carbonyl (C=O) groups excluding carboxylic acids is 2. The minimum absolute atomic E-state index is 0.102. The fourth-order valence-electron chi connectivity index (χ4n) is 4.85. The van der Waals surface area contributed by atoms with E-state index in [1.54, 1.807) is 6.07 Å². The van der Waals surface area contributed by atoms with Crippen molar-refractivity contribution in [1.82, 2.24) is 0 Å². The average Bonchev–Trinajstić information content (AvgIpc) is 3.13. The number of aryl methyl sites for hydroxylation is 1. The number of carbonyl (C=O) groups is 2. The van der Waals surface area contributed by atoms with Crippen molar-refractivity contribution in [2.24, 2.45) is 0 Å². The van der Waals surface area contributed by atoms with Gasteiger partial charge in [0.15, 0.2) is 0 Å². The molecule has 1 heterocycles. The molecule has 0 aliphatic carbocycles. The summed E-state index contributed by atoms with van der Waals surface area (Å²) in [5.41, 5.74) is 4.19. The number of fused-ring (bicyclic) bond motifs is 1. The summed E-state index contributed by atoms with van der Waals surface area (Å²) in [5.74, 6) is -1.14. The lowest BCUT2D eigenvalue weighted by Gasteiger charge is -2.26. The topological polar surface area (TPSA) is 57.6 Å². The van der Waals surface area contributed by atoms with Gasteiger partial charge in [-0.15, -0.1) is 0 Å². The lowest BCUT2D eigenvalue weighted by Crippen LogP contribution is -2.29. The van der Waals surface area contributed by atoms with Crippen molar-refractivity contribution in [3.05, 3.63) is 119 Å². The zero-order valence-corrected chi connectivity index (χ0v) is 20.0. The van der Waals surface area contributed by atoms with E-state index >= 15 is 0 Å². The van der Waals surface area contributed by atoms with Crippen molar-refractivity contribution >= 4 is 33.9 Å². The maximum absolute atomic E-state index is 13.5. The van der Waals surface area contributed by atoms with E-state index in [0.717, 1.165) is 27.5 Å². The third-order valence-corrected chi connectivity index (χ3v) is 6.68. The molecule has 1 amide bonds. The third-order valence-electron chi connectivity index (χ3n) is 6.68. The molecule has 1 fully saturated rings. The van der Waals surface area contributed by atoms with Gasteiger partial charge in [0, 0.05) is 11.3 Å². The van der Waals surface area contributed by atoms with Gasteiger partial charge < -0.3 is 5.11 Å². The van der Waals surface area contributed by atoms with Gasteiger partial charge in [0.2, 0.25) is 0 Å². The predicted molar refractivity (Wildman–Crippen MR) is 140 cm³/mol. The standard InChI is InChI=1S/C31H27NO3/c1-19(2)21-14-16-24(17-15-21)32-28(23-11-6-8-20(3)18-23)27(30(34)31(32)35)29(33)26-13-7-10-22-9-4-5-12-25(22)26/h4-19,28,33H,1-3H3/b29-27-. The molecule has 4 heteroatoms. The van der Waals surface area contributed by atoms with Crippen LogP contribution in [0.1, 0.15) is 48.1 Å². The summed E-state index contributed by atoms with van der Waals surface area (Å²) < 4.78 is 0. The molecule has 1 N–H and O–H groups in total. The first-order valence-corrected chi connectivity index (χ1v) is 11.8. The van der Waals surface area contributed by atoms with Crippen LogP contribution in [0.5, 0.6) is 0 Å². The fraction of sp³-hybridized carbons (Fsp3) is 0.161. The van der Waals surface area contributed by atoms with E-state index in [1.807, 2.05) is 91.9 Å². The van der Waals surface area contributed by atoms with Crippen molar-refractivity contribution in [3.8, 4) is 0 Å². The number of aliphatic hydroxyl groups is 1. The molecule has 4 aromatic rings. The molecule has 1 atom stereocenters. The summed E-state index contributed by atoms with van der Waals surface area (Å²) >= 11 is 0. The first-order chi connectivity index (χ1) is 16.9. The van der Waals surface area contributed by atoms with Crippen LogP contribution in [0.3, 0.4) is 0 Å². The second-order valence-electron chi connectivity index (χ2n) is 9.36. The number of ketones is 1. The number of hydrogen-bond donors (Lipinski definition) is 1. The molecular formula is C31H27NO3. The zero-order chi connectivity index (χ0) is 24.7. The maximum atomic E-state index is 13.5. The van der Waals surface area contributed by atoms with Crippen LogP contribution in [-0.4, -0.2) is 16.8 Å². The van der Waals surface area contributed by atoms with Crippen LogP contribution in [0, 0.1) is 6.92 Å². The molecule has 4 nitrogen and oxygen atoms in total. The summed E-state index contributed by atoms with van der Waals surface area (Å²) in [6, 6.07) is 28.0. The normalized spacial score (nSPS) is 17.5. The van der Waals surface area contributed by atoms with Crippen LogP contribution >= 0.6 is 0 Å². The van der Waals surface area contributed by atoms with Gasteiger partial charge in [0.05, 0.1) is 11.6 Å². The van der Waals surface area contributed by atoms with Gasteiger partial charge in [-0.2, -0.15) is 0 Å². The third kappa shape index (κ3) is 3.91. The Bertz CT molecular complexity index is 1480. The van der Waals surface area contributed by atoms with E-state index < -0.39 is 17.7 Å². The van der Waals surface area contributed by atoms with E-state index in [4.69, 9.17) is 0 Å². The number of nitrogens with zero attached hydrogens (tertiary/aromatic N) is 1. The second-order valence-corrected chi connectivity index (χ2v) is 9.36. The summed E-state index contributed by atoms with van der Waals surface area (Å²) in [7, 11) is 0. The lowest BCUT2D eigenvalue weighted by atomic mass is 9.92. The van der Waals surface area contributed by atoms with E-state index in [2.05, 4.69) is 13.8 Å². The first-order valence-electron chi connectivity index (χ1n) is 11.8. The highest BCUT2D eigenvalue weighted by Crippen LogP contribution is 2.43. The molecule has 1 unspecified atom stereocenters. The number of benzene rings is 4. The van der Waals surface area contributed by atoms with Gasteiger partial charge >= 0.3 is 0 Å². The van der Waals surface area contributed by atoms with Crippen molar-refractivity contribution in [2.45, 2.75) is 32.7 Å². The monoisotopic (exact) mass is 461 g/mol. The largest absolute Gasteiger partial charge is 0.507 e. The van der Waals surface area contributed by atoms with Gasteiger partial charge in [0.25, 0.3) is 11.7 Å². The minimum atomic E-state index is -0.737. The van der Waals surface area contributed by atoms with Crippen LogP contribution in [-0.2, 0) is 9.59 Å². The number of aliphatic hydroxyl groups excluding tert-OH is 1. The summed E-state index contributed by atoms with van der Waals surface area (Å²) in [4.78, 5) is 28.4. The number of hydrogen-bond acceptors (Lipinski definition) is 3. The highest BCUT2D eigenvalue weighted by atomic mass is 16.3. The maximum Gasteiger partial charge on any atom is 0.300 e. The first kappa shape index (κ1) is 22.6. The highest BCUT2D eigenvalue weighted by Gasteiger charge is 2.47. The van der Waals surface area contributed by atoms with E-state index in [9.17, 15) is 14.7 Å². The number of amides is 1. The van der Waals surface area contributed by atoms with Crippen LogP contribution in [0.25, 0.3) is 16.5 Å². The van der Waals surface area contributed by atoms with Crippen molar-refractivity contribution in [3.63, 3.8) is 0 Å². The Morgan fingerprint density at radius 2 is 1.54 bits per heavy atom. The summed E-state index contributed by atoms with van der Waals surface area (Å²) in [6.45, 7) is 6.19. The van der Waals surface area contributed by atoms with E-state index in [-0.39, 0.29) is 11.3 Å². The molecule has 0 bridgehead atoms. The van der Waals surface area contributed by atoms with Crippen molar-refractivity contribution < 1.29 is 14.7 Å². The molecule has 0 radical (unpaired) electrons. The van der Waals surface area contributed by atoms with E-state index in [1.165, 1.54) is 4.90 Å². The van der Waals surface area contributed by atoms with Gasteiger partial charge in [0.1, 0.15) is 5.76 Å². The number of Topliss-reactive ketones (excluding diaryl/α,β-unsaturated/α-hetero) is 1. The Balaban J connectivity index is 1.75. The average molecular weight is 462 g/mol. The van der Waals surface area contributed by atoms with Crippen LogP contribution in [0.2, 0.25) is 0 Å². The fourth-order valence-corrected chi connectivity index (χ4v) is 4.85. The van der Waals surface area contributed by atoms with Gasteiger partial charge in [-0.1, -0.05) is 98.3 Å². The smallest absolute Gasteiger partial charge is 0.300 e. The van der Waals surface area contributed by atoms with Gasteiger partial charge in [-0.25, -0.2) is 0 Å². The summed E-state index contributed by atoms with van der Waals surface area (Å²) in [6.07, 6.45) is 0. The number of rotatable bonds is 4. The quantitative estimate of drug-likeness (QED) is 0.204. The molecule has 1 saturated heterocycles. The molecule has 4 aromatic carbocycles. The second kappa shape index (κ2) is 8.88. The van der Waals surface area contributed by atoms with Gasteiger partial charge in [-0.05, 0) is 46.9 Å². The van der Waals surface area contributed by atoms with Crippen LogP contribution in [0.15, 0.2) is 96.6 Å². The highest BCUT2D eigenvalue weighted by molar-refractivity contribution is 6.51. The Labute approximate surface area is 205 Å². The SMILES string of the molecule is Cc1cccc(C2/C(=C(/O)c3cccc4ccccc34)C(=O)C(=O)N2c2ccc(C(C)C)cc2)c1. The molecule has 0 saturated carbocycles. The molecule has 0 spiro atoms. The molecular weight excluding hydrogens is 434 g/mol. The molecule has 1 aliphatic heterocycles. The van der Waals surface area contributed by atoms with Gasteiger partial charge in [-0.3, -0.25) is 14.5 Å². The van der Waals surface area contributed by atoms with Crippen LogP contribution < -0.4 is 4.90 Å². The lowest BCUT2D eigenvalue weighted by molar-refractivity contribution is -0.132. The molecule has 35 heavy (non-hydrogen) atoms. The Morgan fingerprint density at radius 3 is 2.26 bits per heavy atom. The zero-order valence-electron chi connectivity index (χ0n) is 20.0. The minimum Gasteiger partial charge on any atom is -0.507 e. The molecule has 1 aliphatic rings. The van der Waals surface area contributed by atoms with Crippen molar-refractivity contribution in [1.29, 1.82) is 0 Å². The molecule has 0 aromatic heterocycles. The Hall–Kier alpha value is -4.18. The van der Waals surface area contributed by atoms with Crippen molar-refractivity contribution in [2.75, 3.05) is 4.90 Å². The number of anilines is 1.